The van der Waals surface area contributed by atoms with E-state index in [1.54, 1.807) is 24.3 Å². The number of anilines is 1. The van der Waals surface area contributed by atoms with Gasteiger partial charge in [0.15, 0.2) is 22.2 Å². The highest BCUT2D eigenvalue weighted by atomic mass is 32.2. The van der Waals surface area contributed by atoms with Crippen molar-refractivity contribution in [2.75, 3.05) is 18.2 Å². The first-order valence-corrected chi connectivity index (χ1v) is 9.44. The van der Waals surface area contributed by atoms with Gasteiger partial charge in [0.25, 0.3) is 5.91 Å². The topological polar surface area (TPSA) is 107 Å². The third kappa shape index (κ3) is 5.00. The van der Waals surface area contributed by atoms with E-state index in [4.69, 9.17) is 4.74 Å². The average Bonchev–Trinajstić information content (AvgIpc) is 2.59. The van der Waals surface area contributed by atoms with Gasteiger partial charge in [-0.2, -0.15) is 0 Å². The fraction of sp³-hybridized carbons (Fsp3) is 0.167. The van der Waals surface area contributed by atoms with Crippen molar-refractivity contribution in [3.63, 3.8) is 0 Å². The maximum atomic E-state index is 12.1. The molecule has 0 radical (unpaired) electrons. The second kappa shape index (κ2) is 7.92. The van der Waals surface area contributed by atoms with Crippen molar-refractivity contribution in [1.82, 2.24) is 0 Å². The summed E-state index contributed by atoms with van der Waals surface area (Å²) in [5.41, 5.74) is 0.813. The lowest BCUT2D eigenvalue weighted by atomic mass is 10.1. The van der Waals surface area contributed by atoms with Crippen molar-refractivity contribution < 1.29 is 27.5 Å². The molecule has 0 bridgehead atoms. The van der Waals surface area contributed by atoms with Crippen LogP contribution in [0.4, 0.5) is 5.69 Å². The fourth-order valence-electron chi connectivity index (χ4n) is 2.15. The van der Waals surface area contributed by atoms with Crippen molar-refractivity contribution >= 4 is 33.2 Å². The van der Waals surface area contributed by atoms with Crippen LogP contribution < -0.4 is 5.32 Å². The Hall–Kier alpha value is -3.00. The van der Waals surface area contributed by atoms with Gasteiger partial charge >= 0.3 is 5.97 Å². The van der Waals surface area contributed by atoms with Gasteiger partial charge in [0.2, 0.25) is 0 Å². The molecule has 0 heterocycles. The van der Waals surface area contributed by atoms with E-state index in [-0.39, 0.29) is 16.2 Å². The minimum atomic E-state index is -3.61. The highest BCUT2D eigenvalue weighted by Crippen LogP contribution is 2.16. The van der Waals surface area contributed by atoms with E-state index in [0.717, 1.165) is 6.26 Å². The van der Waals surface area contributed by atoms with Crippen molar-refractivity contribution in [3.8, 4) is 0 Å². The molecule has 26 heavy (non-hydrogen) atoms. The van der Waals surface area contributed by atoms with Crippen LogP contribution >= 0.6 is 0 Å². The Balaban J connectivity index is 1.99. The molecule has 0 unspecified atom stereocenters. The number of esters is 1. The summed E-state index contributed by atoms with van der Waals surface area (Å²) >= 11 is 0. The lowest BCUT2D eigenvalue weighted by molar-refractivity contribution is -0.119. The Bertz CT molecular complexity index is 948. The number of carbonyl (C=O) groups is 3. The second-order valence-electron chi connectivity index (χ2n) is 5.53. The summed E-state index contributed by atoms with van der Waals surface area (Å²) < 4.78 is 28.3. The van der Waals surface area contributed by atoms with Gasteiger partial charge in [0.1, 0.15) is 0 Å². The third-order valence-electron chi connectivity index (χ3n) is 3.42. The molecule has 0 atom stereocenters. The summed E-state index contributed by atoms with van der Waals surface area (Å²) in [6.07, 6.45) is 0.983. The molecule has 0 aromatic heterocycles. The van der Waals surface area contributed by atoms with Gasteiger partial charge in [-0.3, -0.25) is 9.59 Å². The zero-order valence-corrected chi connectivity index (χ0v) is 15.0. The number of carbonyl (C=O) groups excluding carboxylic acids is 3. The summed E-state index contributed by atoms with van der Waals surface area (Å²) in [7, 11) is -3.61. The lowest BCUT2D eigenvalue weighted by Gasteiger charge is -2.09. The number of sulfone groups is 1. The Morgan fingerprint density at radius 2 is 1.62 bits per heavy atom. The van der Waals surface area contributed by atoms with E-state index in [1.165, 1.54) is 31.2 Å². The standard InChI is InChI=1S/C18H17NO6S/c1-12(20)13-7-9-14(10-8-13)19-17(21)11-25-18(22)15-5-3-4-6-16(15)26(2,23)24/h3-10H,11H2,1-2H3,(H,19,21). The molecule has 2 rings (SSSR count). The molecular formula is C18H17NO6S. The van der Waals surface area contributed by atoms with E-state index in [9.17, 15) is 22.8 Å². The first-order chi connectivity index (χ1) is 12.2. The Labute approximate surface area is 150 Å². The first-order valence-electron chi connectivity index (χ1n) is 7.55. The Morgan fingerprint density at radius 1 is 1.00 bits per heavy atom. The smallest absolute Gasteiger partial charge is 0.339 e. The number of rotatable bonds is 6. The molecule has 0 aliphatic carbocycles. The van der Waals surface area contributed by atoms with Crippen molar-refractivity contribution in [2.45, 2.75) is 11.8 Å². The maximum absolute atomic E-state index is 12.1. The van der Waals surface area contributed by atoms with E-state index in [1.807, 2.05) is 0 Å². The molecule has 2 aromatic carbocycles. The Morgan fingerprint density at radius 3 is 2.19 bits per heavy atom. The minimum Gasteiger partial charge on any atom is -0.452 e. The molecular weight excluding hydrogens is 358 g/mol. The van der Waals surface area contributed by atoms with Crippen molar-refractivity contribution in [2.24, 2.45) is 0 Å². The SMILES string of the molecule is CC(=O)c1ccc(NC(=O)COC(=O)c2ccccc2S(C)(=O)=O)cc1. The number of ketones is 1. The van der Waals surface area contributed by atoms with Crippen molar-refractivity contribution in [3.05, 3.63) is 59.7 Å². The van der Waals surface area contributed by atoms with Gasteiger partial charge in [-0.15, -0.1) is 0 Å². The molecule has 1 amide bonds. The third-order valence-corrected chi connectivity index (χ3v) is 4.57. The number of hydrogen-bond donors (Lipinski definition) is 1. The van der Waals surface area contributed by atoms with Crippen LogP contribution in [0.5, 0.6) is 0 Å². The van der Waals surface area contributed by atoms with Gasteiger partial charge in [0.05, 0.1) is 10.5 Å². The zero-order chi connectivity index (χ0) is 19.3. The zero-order valence-electron chi connectivity index (χ0n) is 14.2. The van der Waals surface area contributed by atoms with E-state index < -0.39 is 28.3 Å². The number of nitrogens with one attached hydrogen (secondary N) is 1. The van der Waals surface area contributed by atoms with Gasteiger partial charge in [-0.1, -0.05) is 12.1 Å². The molecule has 136 valence electrons. The number of hydrogen-bond acceptors (Lipinski definition) is 6. The molecule has 7 nitrogen and oxygen atoms in total. The number of amides is 1. The average molecular weight is 375 g/mol. The molecule has 1 N–H and O–H groups in total. The minimum absolute atomic E-state index is 0.0960. The molecule has 0 aliphatic heterocycles. The van der Waals surface area contributed by atoms with E-state index in [2.05, 4.69) is 5.32 Å². The van der Waals surface area contributed by atoms with Crippen molar-refractivity contribution in [1.29, 1.82) is 0 Å². The summed E-state index contributed by atoms with van der Waals surface area (Å²) in [5, 5.41) is 2.51. The fourth-order valence-corrected chi connectivity index (χ4v) is 3.03. The summed E-state index contributed by atoms with van der Waals surface area (Å²) in [5.74, 6) is -1.60. The van der Waals surface area contributed by atoms with Crippen LogP contribution in [0.15, 0.2) is 53.4 Å². The van der Waals surface area contributed by atoms with Gasteiger partial charge in [-0.05, 0) is 43.3 Å². The van der Waals surface area contributed by atoms with Gasteiger partial charge in [0, 0.05) is 17.5 Å². The molecule has 0 spiro atoms. The summed E-state index contributed by atoms with van der Waals surface area (Å²) in [4.78, 5) is 35.0. The van der Waals surface area contributed by atoms with Crippen LogP contribution in [0.2, 0.25) is 0 Å². The predicted molar refractivity (Wildman–Crippen MR) is 94.9 cm³/mol. The summed E-state index contributed by atoms with van der Waals surface area (Å²) in [6.45, 7) is 0.854. The monoisotopic (exact) mass is 375 g/mol. The van der Waals surface area contributed by atoms with Gasteiger partial charge in [-0.25, -0.2) is 13.2 Å². The number of ether oxygens (including phenoxy) is 1. The maximum Gasteiger partial charge on any atom is 0.339 e. The quantitative estimate of drug-likeness (QED) is 0.612. The van der Waals surface area contributed by atoms with Gasteiger partial charge < -0.3 is 10.1 Å². The normalized spacial score (nSPS) is 10.8. The predicted octanol–water partition coefficient (Wildman–Crippen LogP) is 2.09. The molecule has 2 aromatic rings. The van der Waals surface area contributed by atoms with E-state index >= 15 is 0 Å². The van der Waals surface area contributed by atoms with Crippen LogP contribution in [-0.4, -0.2) is 38.9 Å². The second-order valence-corrected chi connectivity index (χ2v) is 7.51. The lowest BCUT2D eigenvalue weighted by Crippen LogP contribution is -2.21. The van der Waals surface area contributed by atoms with Crippen LogP contribution in [0, 0.1) is 0 Å². The van der Waals surface area contributed by atoms with Crippen LogP contribution in [0.1, 0.15) is 27.6 Å². The molecule has 0 saturated carbocycles. The first kappa shape index (κ1) is 19.3. The molecule has 0 saturated heterocycles. The molecule has 0 aliphatic rings. The summed E-state index contributed by atoms with van der Waals surface area (Å²) in [6, 6.07) is 11.8. The molecule has 0 fully saturated rings. The van der Waals surface area contributed by atoms with E-state index in [0.29, 0.717) is 11.3 Å². The molecule has 8 heteroatoms. The Kier molecular flexibility index (Phi) is 5.89. The number of benzene rings is 2. The van der Waals surface area contributed by atoms with Crippen LogP contribution in [0.3, 0.4) is 0 Å². The highest BCUT2D eigenvalue weighted by molar-refractivity contribution is 7.90. The number of Topliss-reactive ketones (excluding diaryl/α,β-unsaturated/α-hetero) is 1. The largest absolute Gasteiger partial charge is 0.452 e. The highest BCUT2D eigenvalue weighted by Gasteiger charge is 2.20. The van der Waals surface area contributed by atoms with Crippen LogP contribution in [0.25, 0.3) is 0 Å². The van der Waals surface area contributed by atoms with Crippen LogP contribution in [-0.2, 0) is 19.4 Å².